The molecule has 1 aliphatic heterocycles. The van der Waals surface area contributed by atoms with E-state index in [4.69, 9.17) is 15.1 Å². The zero-order valence-corrected chi connectivity index (χ0v) is 21.4. The van der Waals surface area contributed by atoms with E-state index in [9.17, 15) is 8.42 Å². The molecule has 3 heterocycles. The van der Waals surface area contributed by atoms with Crippen LogP contribution in [0.2, 0.25) is 0 Å². The molecule has 8 nitrogen and oxygen atoms in total. The van der Waals surface area contributed by atoms with Crippen molar-refractivity contribution in [3.8, 4) is 5.69 Å². The smallest absolute Gasteiger partial charge is 0.243 e. The van der Waals surface area contributed by atoms with Gasteiger partial charge in [0.05, 0.1) is 21.7 Å². The van der Waals surface area contributed by atoms with Gasteiger partial charge in [-0.3, -0.25) is 0 Å². The summed E-state index contributed by atoms with van der Waals surface area (Å²) in [4.78, 5) is 12.2. The second-order valence-electron chi connectivity index (χ2n) is 9.00. The Balaban J connectivity index is 1.49. The quantitative estimate of drug-likeness (QED) is 0.423. The van der Waals surface area contributed by atoms with Crippen LogP contribution < -0.4 is 4.90 Å². The molecule has 9 heteroatoms. The summed E-state index contributed by atoms with van der Waals surface area (Å²) >= 11 is 0. The molecule has 182 valence electrons. The lowest BCUT2D eigenvalue weighted by Crippen LogP contribution is -2.49. The number of fused-ring (bicyclic) bond motifs is 1. The molecule has 4 aromatic rings. The highest BCUT2D eigenvalue weighted by Crippen LogP contribution is 2.31. The van der Waals surface area contributed by atoms with Gasteiger partial charge in [-0.2, -0.15) is 9.40 Å². The van der Waals surface area contributed by atoms with Crippen LogP contribution in [0.15, 0.2) is 53.4 Å². The van der Waals surface area contributed by atoms with Gasteiger partial charge < -0.3 is 4.90 Å². The molecule has 0 atom stereocenters. The Kier molecular flexibility index (Phi) is 6.06. The molecule has 1 saturated heterocycles. The highest BCUT2D eigenvalue weighted by Gasteiger charge is 2.30. The lowest BCUT2D eigenvalue weighted by molar-refractivity contribution is 0.384. The third-order valence-electron chi connectivity index (χ3n) is 6.59. The summed E-state index contributed by atoms with van der Waals surface area (Å²) in [6, 6.07) is 15.2. The van der Waals surface area contributed by atoms with Crippen LogP contribution in [0.1, 0.15) is 29.6 Å². The third-order valence-corrected chi connectivity index (χ3v) is 8.50. The van der Waals surface area contributed by atoms with Crippen molar-refractivity contribution in [1.29, 1.82) is 0 Å². The van der Waals surface area contributed by atoms with E-state index >= 15 is 0 Å². The minimum Gasteiger partial charge on any atom is -0.353 e. The first-order valence-corrected chi connectivity index (χ1v) is 13.4. The monoisotopic (exact) mass is 490 g/mol. The zero-order chi connectivity index (χ0) is 24.7. The molecule has 5 rings (SSSR count). The minimum absolute atomic E-state index is 0.338. The summed E-state index contributed by atoms with van der Waals surface area (Å²) in [6.07, 6.45) is 0.697. The van der Waals surface area contributed by atoms with Gasteiger partial charge in [-0.25, -0.2) is 23.1 Å². The Labute approximate surface area is 206 Å². The van der Waals surface area contributed by atoms with Crippen LogP contribution >= 0.6 is 0 Å². The number of anilines is 1. The summed E-state index contributed by atoms with van der Waals surface area (Å²) in [6.45, 7) is 9.93. The summed E-state index contributed by atoms with van der Waals surface area (Å²) in [5.41, 5.74) is 4.79. The molecule has 0 bridgehead atoms. The zero-order valence-electron chi connectivity index (χ0n) is 20.6. The van der Waals surface area contributed by atoms with Crippen molar-refractivity contribution in [3.63, 3.8) is 0 Å². The van der Waals surface area contributed by atoms with Crippen molar-refractivity contribution in [2.75, 3.05) is 31.1 Å². The number of hydrogen-bond acceptors (Lipinski definition) is 6. The lowest BCUT2D eigenvalue weighted by Gasteiger charge is -2.35. The fourth-order valence-corrected chi connectivity index (χ4v) is 5.98. The maximum absolute atomic E-state index is 13.2. The summed E-state index contributed by atoms with van der Waals surface area (Å²) in [5, 5.41) is 5.75. The predicted molar refractivity (Wildman–Crippen MR) is 138 cm³/mol. The SMILES string of the molecule is CCc1nc(N2CCN(S(=O)(=O)c3ccc(C)cc3)CC2)c2c(C)nn(-c3ccccc3C)c2n1. The van der Waals surface area contributed by atoms with Crippen LogP contribution in [-0.4, -0.2) is 58.7 Å². The summed E-state index contributed by atoms with van der Waals surface area (Å²) in [7, 11) is -3.53. The Morgan fingerprint density at radius 1 is 0.886 bits per heavy atom. The maximum Gasteiger partial charge on any atom is 0.243 e. The molecule has 0 N–H and O–H groups in total. The number of aromatic nitrogens is 4. The predicted octanol–water partition coefficient (Wildman–Crippen LogP) is 3.81. The first-order valence-electron chi connectivity index (χ1n) is 11.9. The van der Waals surface area contributed by atoms with E-state index in [1.807, 2.05) is 55.8 Å². The van der Waals surface area contributed by atoms with Crippen molar-refractivity contribution in [1.82, 2.24) is 24.1 Å². The number of rotatable bonds is 5. The largest absolute Gasteiger partial charge is 0.353 e. The fourth-order valence-electron chi connectivity index (χ4n) is 4.56. The van der Waals surface area contributed by atoms with E-state index in [0.717, 1.165) is 45.2 Å². The maximum atomic E-state index is 13.2. The summed E-state index contributed by atoms with van der Waals surface area (Å²) < 4.78 is 29.8. The second kappa shape index (κ2) is 9.05. The number of sulfonamides is 1. The van der Waals surface area contributed by atoms with Crippen molar-refractivity contribution < 1.29 is 8.42 Å². The van der Waals surface area contributed by atoms with E-state index in [0.29, 0.717) is 37.5 Å². The van der Waals surface area contributed by atoms with Crippen molar-refractivity contribution in [2.45, 2.75) is 39.0 Å². The molecule has 0 saturated carbocycles. The number of nitrogens with zero attached hydrogens (tertiary/aromatic N) is 6. The standard InChI is InChI=1S/C26H30N6O2S/c1-5-23-27-25(24-20(4)29-32(26(24)28-23)22-9-7-6-8-19(22)3)30-14-16-31(17-15-30)35(33,34)21-12-10-18(2)11-13-21/h6-13H,5,14-17H2,1-4H3. The Bertz CT molecular complexity index is 1490. The Morgan fingerprint density at radius 3 is 2.23 bits per heavy atom. The van der Waals surface area contributed by atoms with Crippen LogP contribution in [0, 0.1) is 20.8 Å². The average Bonchev–Trinajstić information content (AvgIpc) is 3.20. The number of benzene rings is 2. The highest BCUT2D eigenvalue weighted by atomic mass is 32.2. The topological polar surface area (TPSA) is 84.2 Å². The second-order valence-corrected chi connectivity index (χ2v) is 10.9. The molecule has 2 aromatic heterocycles. The average molecular weight is 491 g/mol. The van der Waals surface area contributed by atoms with Gasteiger partial charge in [0.2, 0.25) is 10.0 Å². The highest BCUT2D eigenvalue weighted by molar-refractivity contribution is 7.89. The fraction of sp³-hybridized carbons (Fsp3) is 0.346. The van der Waals surface area contributed by atoms with Gasteiger partial charge >= 0.3 is 0 Å². The number of aryl methyl sites for hydroxylation is 4. The van der Waals surface area contributed by atoms with Gasteiger partial charge in [0, 0.05) is 32.6 Å². The van der Waals surface area contributed by atoms with Gasteiger partial charge in [-0.1, -0.05) is 42.8 Å². The molecule has 0 amide bonds. The molecule has 0 aliphatic carbocycles. The summed E-state index contributed by atoms with van der Waals surface area (Å²) in [5.74, 6) is 1.58. The van der Waals surface area contributed by atoms with Gasteiger partial charge in [0.15, 0.2) is 5.65 Å². The normalized spacial score (nSPS) is 15.1. The Morgan fingerprint density at radius 2 is 1.57 bits per heavy atom. The van der Waals surface area contributed by atoms with Crippen LogP contribution in [0.25, 0.3) is 16.7 Å². The van der Waals surface area contributed by atoms with Crippen LogP contribution in [-0.2, 0) is 16.4 Å². The van der Waals surface area contributed by atoms with Gasteiger partial charge in [0.1, 0.15) is 11.6 Å². The number of para-hydroxylation sites is 1. The van der Waals surface area contributed by atoms with Gasteiger partial charge in [0.25, 0.3) is 0 Å². The van der Waals surface area contributed by atoms with E-state index in [2.05, 4.69) is 17.9 Å². The third kappa shape index (κ3) is 4.19. The molecular weight excluding hydrogens is 460 g/mol. The number of hydrogen-bond donors (Lipinski definition) is 0. The van der Waals surface area contributed by atoms with Gasteiger partial charge in [-0.15, -0.1) is 0 Å². The molecular formula is C26H30N6O2S. The molecule has 0 spiro atoms. The van der Waals surface area contributed by atoms with E-state index < -0.39 is 10.0 Å². The molecule has 0 radical (unpaired) electrons. The molecule has 2 aromatic carbocycles. The first kappa shape index (κ1) is 23.4. The van der Waals surface area contributed by atoms with Crippen molar-refractivity contribution in [3.05, 3.63) is 71.2 Å². The minimum atomic E-state index is -3.53. The van der Waals surface area contributed by atoms with Crippen molar-refractivity contribution >= 4 is 26.9 Å². The van der Waals surface area contributed by atoms with Crippen LogP contribution in [0.3, 0.4) is 0 Å². The molecule has 35 heavy (non-hydrogen) atoms. The molecule has 1 fully saturated rings. The Hall–Kier alpha value is -3.30. The lowest BCUT2D eigenvalue weighted by atomic mass is 10.2. The van der Waals surface area contributed by atoms with E-state index in [1.54, 1.807) is 16.4 Å². The molecule has 1 aliphatic rings. The first-order chi connectivity index (χ1) is 16.8. The molecule has 0 unspecified atom stereocenters. The van der Waals surface area contributed by atoms with Gasteiger partial charge in [-0.05, 0) is 44.5 Å². The van der Waals surface area contributed by atoms with Crippen molar-refractivity contribution in [2.24, 2.45) is 0 Å². The van der Waals surface area contributed by atoms with E-state index in [1.165, 1.54) is 0 Å². The number of piperazine rings is 1. The van der Waals surface area contributed by atoms with E-state index in [-0.39, 0.29) is 0 Å². The van der Waals surface area contributed by atoms with Crippen LogP contribution in [0.4, 0.5) is 5.82 Å². The van der Waals surface area contributed by atoms with Crippen LogP contribution in [0.5, 0.6) is 0 Å².